The second-order valence-electron chi connectivity index (χ2n) is 5.31. The summed E-state index contributed by atoms with van der Waals surface area (Å²) in [5.41, 5.74) is 2.40. The van der Waals surface area contributed by atoms with Crippen LogP contribution in [0.5, 0.6) is 5.75 Å². The molecule has 1 N–H and O–H groups in total. The molecule has 24 heavy (non-hydrogen) atoms. The second kappa shape index (κ2) is 6.71. The highest BCUT2D eigenvalue weighted by molar-refractivity contribution is 6.35. The zero-order valence-corrected chi connectivity index (χ0v) is 14.6. The van der Waals surface area contributed by atoms with Crippen LogP contribution >= 0.6 is 23.2 Å². The molecular weight excluding hydrogens is 349 g/mol. The fourth-order valence-electron chi connectivity index (χ4n) is 2.31. The summed E-state index contributed by atoms with van der Waals surface area (Å²) >= 11 is 11.9. The summed E-state index contributed by atoms with van der Waals surface area (Å²) in [4.78, 5) is 16.6. The molecule has 0 bridgehead atoms. The highest BCUT2D eigenvalue weighted by atomic mass is 35.5. The number of ether oxygens (including phenoxy) is 1. The molecule has 3 aromatic rings. The number of carbonyl (C=O) groups excluding carboxylic acids is 1. The zero-order chi connectivity index (χ0) is 17.3. The van der Waals surface area contributed by atoms with Crippen LogP contribution in [0.3, 0.4) is 0 Å². The van der Waals surface area contributed by atoms with Gasteiger partial charge in [-0.3, -0.25) is 4.79 Å². The summed E-state index contributed by atoms with van der Waals surface area (Å²) in [7, 11) is 0. The summed E-state index contributed by atoms with van der Waals surface area (Å²) in [6.07, 6.45) is 2.83. The lowest BCUT2D eigenvalue weighted by Gasteiger charge is -2.17. The Morgan fingerprint density at radius 1 is 1.29 bits per heavy atom. The van der Waals surface area contributed by atoms with E-state index >= 15 is 0 Å². The number of aryl methyl sites for hydroxylation is 1. The average molecular weight is 364 g/mol. The number of halogens is 2. The number of carbonyl (C=O) groups is 1. The average Bonchev–Trinajstić information content (AvgIpc) is 3.02. The Bertz CT molecular complexity index is 908. The molecule has 0 aliphatic rings. The van der Waals surface area contributed by atoms with Crippen LogP contribution in [0.4, 0.5) is 5.69 Å². The first-order valence-corrected chi connectivity index (χ1v) is 8.06. The number of rotatable bonds is 4. The molecule has 0 fully saturated rings. The summed E-state index contributed by atoms with van der Waals surface area (Å²) in [6, 6.07) is 8.52. The molecule has 0 saturated heterocycles. The maximum atomic E-state index is 12.4. The van der Waals surface area contributed by atoms with Crippen LogP contribution in [0.25, 0.3) is 5.65 Å². The van der Waals surface area contributed by atoms with Gasteiger partial charge in [-0.1, -0.05) is 23.2 Å². The van der Waals surface area contributed by atoms with Gasteiger partial charge in [-0.15, -0.1) is 0 Å². The molecule has 1 unspecified atom stereocenters. The van der Waals surface area contributed by atoms with Gasteiger partial charge in [-0.25, -0.2) is 4.98 Å². The lowest BCUT2D eigenvalue weighted by molar-refractivity contribution is -0.122. The van der Waals surface area contributed by atoms with Crippen LogP contribution in [-0.2, 0) is 4.79 Å². The van der Waals surface area contributed by atoms with E-state index in [1.807, 2.05) is 29.7 Å². The van der Waals surface area contributed by atoms with Crippen molar-refractivity contribution in [3.63, 3.8) is 0 Å². The third-order valence-corrected chi connectivity index (χ3v) is 4.17. The van der Waals surface area contributed by atoms with Crippen molar-refractivity contribution in [2.75, 3.05) is 5.32 Å². The normalized spacial score (nSPS) is 12.2. The lowest BCUT2D eigenvalue weighted by Crippen LogP contribution is -2.30. The first-order valence-electron chi connectivity index (χ1n) is 7.31. The number of fused-ring (bicyclic) bond motifs is 1. The number of hydrogen-bond donors (Lipinski definition) is 1. The SMILES string of the molecule is Cc1c(NC(=O)C(C)Oc2ccc(Cl)cc2Cl)ccc2nccn12. The van der Waals surface area contributed by atoms with Crippen molar-refractivity contribution in [2.45, 2.75) is 20.0 Å². The molecular formula is C17H15Cl2N3O2. The summed E-state index contributed by atoms with van der Waals surface area (Å²) < 4.78 is 7.52. The van der Waals surface area contributed by atoms with Gasteiger partial charge < -0.3 is 14.5 Å². The lowest BCUT2D eigenvalue weighted by atomic mass is 10.2. The van der Waals surface area contributed by atoms with Gasteiger partial charge in [0.1, 0.15) is 11.4 Å². The van der Waals surface area contributed by atoms with E-state index in [0.29, 0.717) is 21.5 Å². The molecule has 2 aromatic heterocycles. The van der Waals surface area contributed by atoms with Crippen molar-refractivity contribution in [2.24, 2.45) is 0 Å². The Balaban J connectivity index is 1.74. The standard InChI is InChI=1S/C17H15Cl2N3O2/c1-10-14(4-6-16-20-7-8-22(10)16)21-17(23)11(2)24-15-5-3-12(18)9-13(15)19/h3-9,11H,1-2H3,(H,21,23). The van der Waals surface area contributed by atoms with E-state index < -0.39 is 6.10 Å². The molecule has 1 amide bonds. The number of amides is 1. The first-order chi connectivity index (χ1) is 11.5. The van der Waals surface area contributed by atoms with E-state index in [4.69, 9.17) is 27.9 Å². The van der Waals surface area contributed by atoms with Gasteiger partial charge in [-0.2, -0.15) is 0 Å². The minimum absolute atomic E-state index is 0.274. The molecule has 124 valence electrons. The van der Waals surface area contributed by atoms with Crippen molar-refractivity contribution in [3.05, 3.63) is 58.5 Å². The number of nitrogens with zero attached hydrogens (tertiary/aromatic N) is 2. The smallest absolute Gasteiger partial charge is 0.265 e. The molecule has 7 heteroatoms. The summed E-state index contributed by atoms with van der Waals surface area (Å²) in [6.45, 7) is 3.57. The van der Waals surface area contributed by atoms with Crippen LogP contribution < -0.4 is 10.1 Å². The van der Waals surface area contributed by atoms with Gasteiger partial charge in [-0.05, 0) is 44.2 Å². The van der Waals surface area contributed by atoms with Gasteiger partial charge >= 0.3 is 0 Å². The van der Waals surface area contributed by atoms with Gasteiger partial charge in [0, 0.05) is 23.1 Å². The van der Waals surface area contributed by atoms with Crippen LogP contribution in [-0.4, -0.2) is 21.4 Å². The maximum Gasteiger partial charge on any atom is 0.265 e. The van der Waals surface area contributed by atoms with Gasteiger partial charge in [0.15, 0.2) is 6.10 Å². The van der Waals surface area contributed by atoms with Crippen molar-refractivity contribution >= 4 is 40.4 Å². The van der Waals surface area contributed by atoms with Crippen molar-refractivity contribution in [1.82, 2.24) is 9.38 Å². The third-order valence-electron chi connectivity index (χ3n) is 3.64. The minimum atomic E-state index is -0.721. The number of imidazole rings is 1. The molecule has 0 aliphatic carbocycles. The second-order valence-corrected chi connectivity index (χ2v) is 6.16. The molecule has 2 heterocycles. The van der Waals surface area contributed by atoms with E-state index in [1.54, 1.807) is 31.3 Å². The van der Waals surface area contributed by atoms with Crippen molar-refractivity contribution in [1.29, 1.82) is 0 Å². The molecule has 5 nitrogen and oxygen atoms in total. The highest BCUT2D eigenvalue weighted by Gasteiger charge is 2.18. The van der Waals surface area contributed by atoms with Crippen LogP contribution in [0.15, 0.2) is 42.7 Å². The zero-order valence-electron chi connectivity index (χ0n) is 13.1. The Morgan fingerprint density at radius 3 is 2.83 bits per heavy atom. The summed E-state index contributed by atoms with van der Waals surface area (Å²) in [5.74, 6) is 0.133. The van der Waals surface area contributed by atoms with Crippen LogP contribution in [0.2, 0.25) is 10.0 Å². The molecule has 0 spiro atoms. The van der Waals surface area contributed by atoms with Gasteiger partial charge in [0.05, 0.1) is 10.7 Å². The molecule has 1 aromatic carbocycles. The number of anilines is 1. The number of hydrogen-bond acceptors (Lipinski definition) is 3. The fraction of sp³-hybridized carbons (Fsp3) is 0.176. The van der Waals surface area contributed by atoms with E-state index in [1.165, 1.54) is 0 Å². The van der Waals surface area contributed by atoms with Gasteiger partial charge in [0.2, 0.25) is 0 Å². The van der Waals surface area contributed by atoms with Crippen molar-refractivity contribution < 1.29 is 9.53 Å². The van der Waals surface area contributed by atoms with Gasteiger partial charge in [0.25, 0.3) is 5.91 Å². The Labute approximate surface area is 149 Å². The number of nitrogens with one attached hydrogen (secondary N) is 1. The number of aromatic nitrogens is 2. The molecule has 0 radical (unpaired) electrons. The Hall–Kier alpha value is -2.24. The minimum Gasteiger partial charge on any atom is -0.479 e. The topological polar surface area (TPSA) is 55.6 Å². The van der Waals surface area contributed by atoms with E-state index in [2.05, 4.69) is 10.3 Å². The Morgan fingerprint density at radius 2 is 2.08 bits per heavy atom. The highest BCUT2D eigenvalue weighted by Crippen LogP contribution is 2.28. The molecule has 0 saturated carbocycles. The third kappa shape index (κ3) is 3.32. The predicted octanol–water partition coefficient (Wildman–Crippen LogP) is 4.36. The molecule has 1 atom stereocenters. The summed E-state index contributed by atoms with van der Waals surface area (Å²) in [5, 5.41) is 3.73. The fourth-order valence-corrected chi connectivity index (χ4v) is 2.76. The van der Waals surface area contributed by atoms with E-state index in [-0.39, 0.29) is 5.91 Å². The molecule has 3 rings (SSSR count). The van der Waals surface area contributed by atoms with Crippen LogP contribution in [0.1, 0.15) is 12.6 Å². The van der Waals surface area contributed by atoms with E-state index in [9.17, 15) is 4.79 Å². The number of pyridine rings is 1. The maximum absolute atomic E-state index is 12.4. The Kier molecular flexibility index (Phi) is 4.64. The molecule has 0 aliphatic heterocycles. The van der Waals surface area contributed by atoms with Crippen molar-refractivity contribution in [3.8, 4) is 5.75 Å². The predicted molar refractivity (Wildman–Crippen MR) is 95.1 cm³/mol. The first kappa shape index (κ1) is 16.6. The quantitative estimate of drug-likeness (QED) is 0.749. The monoisotopic (exact) mass is 363 g/mol. The largest absolute Gasteiger partial charge is 0.479 e. The number of benzene rings is 1. The van der Waals surface area contributed by atoms with E-state index in [0.717, 1.165) is 11.3 Å². The van der Waals surface area contributed by atoms with Crippen LogP contribution in [0, 0.1) is 6.92 Å².